The van der Waals surface area contributed by atoms with Crippen molar-refractivity contribution < 1.29 is 22.7 Å². The van der Waals surface area contributed by atoms with Crippen molar-refractivity contribution in [2.24, 2.45) is 0 Å². The van der Waals surface area contributed by atoms with E-state index in [1.165, 1.54) is 16.4 Å². The maximum Gasteiger partial charge on any atom is 0.252 e. The number of nitrogens with zero attached hydrogens (tertiary/aromatic N) is 3. The van der Waals surface area contributed by atoms with Crippen molar-refractivity contribution in [2.75, 3.05) is 44.3 Å². The van der Waals surface area contributed by atoms with Crippen LogP contribution in [0.2, 0.25) is 0 Å². The van der Waals surface area contributed by atoms with Crippen LogP contribution in [0.4, 0.5) is 5.69 Å². The van der Waals surface area contributed by atoms with Crippen molar-refractivity contribution in [3.8, 4) is 0 Å². The third-order valence-corrected chi connectivity index (χ3v) is 8.30. The standard InChI is InChI=1S/C25H31N3O5S/c1-19(2)20-8-10-21(11-9-20)28-24(29)18-23(25(28)30)27(13-12-26-14-16-33-17-15-26)34(31,32)22-6-4-3-5-7-22/h3-11,19,23H,12-18H2,1-2H3. The van der Waals surface area contributed by atoms with Crippen molar-refractivity contribution in [1.29, 1.82) is 0 Å². The van der Waals surface area contributed by atoms with Gasteiger partial charge in [0, 0.05) is 26.2 Å². The molecule has 4 rings (SSSR count). The van der Waals surface area contributed by atoms with Crippen LogP contribution in [0, 0.1) is 0 Å². The van der Waals surface area contributed by atoms with Gasteiger partial charge in [-0.15, -0.1) is 0 Å². The van der Waals surface area contributed by atoms with Gasteiger partial charge in [-0.1, -0.05) is 44.2 Å². The summed E-state index contributed by atoms with van der Waals surface area (Å²) in [6, 6.07) is 14.3. The molecule has 2 amide bonds. The Hall–Kier alpha value is -2.59. The fourth-order valence-corrected chi connectivity index (χ4v) is 5.95. The second-order valence-electron chi connectivity index (χ2n) is 8.92. The third-order valence-electron chi connectivity index (χ3n) is 6.38. The molecule has 2 aromatic carbocycles. The Balaban J connectivity index is 1.62. The first-order valence-corrected chi connectivity index (χ1v) is 13.1. The number of rotatable bonds is 8. The van der Waals surface area contributed by atoms with Gasteiger partial charge in [-0.05, 0) is 35.7 Å². The van der Waals surface area contributed by atoms with E-state index in [1.54, 1.807) is 30.3 Å². The summed E-state index contributed by atoms with van der Waals surface area (Å²) >= 11 is 0. The highest BCUT2D eigenvalue weighted by molar-refractivity contribution is 7.89. The summed E-state index contributed by atoms with van der Waals surface area (Å²) in [5.74, 6) is -0.589. The van der Waals surface area contributed by atoms with E-state index in [9.17, 15) is 18.0 Å². The van der Waals surface area contributed by atoms with Crippen LogP contribution < -0.4 is 4.90 Å². The molecule has 8 nitrogen and oxygen atoms in total. The average molecular weight is 486 g/mol. The Morgan fingerprint density at radius 3 is 2.26 bits per heavy atom. The largest absolute Gasteiger partial charge is 0.379 e. The lowest BCUT2D eigenvalue weighted by molar-refractivity contribution is -0.122. The van der Waals surface area contributed by atoms with Crippen molar-refractivity contribution >= 4 is 27.5 Å². The average Bonchev–Trinajstić information content (AvgIpc) is 3.13. The molecular formula is C25H31N3O5S. The van der Waals surface area contributed by atoms with Crippen LogP contribution in [0.15, 0.2) is 59.5 Å². The van der Waals surface area contributed by atoms with Gasteiger partial charge in [0.15, 0.2) is 0 Å². The summed E-state index contributed by atoms with van der Waals surface area (Å²) in [6.07, 6.45) is -0.181. The van der Waals surface area contributed by atoms with Gasteiger partial charge < -0.3 is 4.74 Å². The summed E-state index contributed by atoms with van der Waals surface area (Å²) in [5.41, 5.74) is 1.56. The maximum atomic E-state index is 13.6. The summed E-state index contributed by atoms with van der Waals surface area (Å²) < 4.78 is 33.8. The molecule has 0 N–H and O–H groups in total. The molecular weight excluding hydrogens is 454 g/mol. The van der Waals surface area contributed by atoms with Gasteiger partial charge >= 0.3 is 0 Å². The number of amides is 2. The zero-order valence-electron chi connectivity index (χ0n) is 19.6. The fraction of sp³-hybridized carbons (Fsp3) is 0.440. The summed E-state index contributed by atoms with van der Waals surface area (Å²) in [4.78, 5) is 29.8. The van der Waals surface area contributed by atoms with Gasteiger partial charge in [0.25, 0.3) is 5.91 Å². The Kier molecular flexibility index (Phi) is 7.47. The van der Waals surface area contributed by atoms with Crippen LogP contribution in [0.5, 0.6) is 0 Å². The monoisotopic (exact) mass is 485 g/mol. The highest BCUT2D eigenvalue weighted by Crippen LogP contribution is 2.30. The molecule has 0 aromatic heterocycles. The molecule has 182 valence electrons. The van der Waals surface area contributed by atoms with Gasteiger partial charge in [0.05, 0.1) is 30.2 Å². The number of anilines is 1. The number of sulfonamides is 1. The van der Waals surface area contributed by atoms with Gasteiger partial charge in [0.2, 0.25) is 15.9 Å². The lowest BCUT2D eigenvalue weighted by Gasteiger charge is -2.31. The van der Waals surface area contributed by atoms with E-state index in [0.717, 1.165) is 10.5 Å². The molecule has 2 heterocycles. The minimum Gasteiger partial charge on any atom is -0.379 e. The van der Waals surface area contributed by atoms with E-state index in [4.69, 9.17) is 4.74 Å². The van der Waals surface area contributed by atoms with Crippen molar-refractivity contribution in [1.82, 2.24) is 9.21 Å². The highest BCUT2D eigenvalue weighted by Gasteiger charge is 2.46. The second kappa shape index (κ2) is 10.4. The smallest absolute Gasteiger partial charge is 0.252 e. The first-order valence-electron chi connectivity index (χ1n) is 11.6. The van der Waals surface area contributed by atoms with Crippen LogP contribution >= 0.6 is 0 Å². The molecule has 9 heteroatoms. The van der Waals surface area contributed by atoms with E-state index in [1.807, 2.05) is 12.1 Å². The fourth-order valence-electron chi connectivity index (χ4n) is 4.36. The van der Waals surface area contributed by atoms with E-state index >= 15 is 0 Å². The van der Waals surface area contributed by atoms with E-state index in [0.29, 0.717) is 44.5 Å². The number of ether oxygens (including phenoxy) is 1. The number of imide groups is 1. The highest BCUT2D eigenvalue weighted by atomic mass is 32.2. The number of carbonyl (C=O) groups is 2. The lowest BCUT2D eigenvalue weighted by Crippen LogP contribution is -2.49. The quantitative estimate of drug-likeness (QED) is 0.534. The SMILES string of the molecule is CC(C)c1ccc(N2C(=O)CC(N(CCN3CCOCC3)S(=O)(=O)c3ccccc3)C2=O)cc1. The minimum atomic E-state index is -3.99. The Labute approximate surface area is 201 Å². The Bertz CT molecular complexity index is 1110. The molecule has 1 unspecified atom stereocenters. The molecule has 2 saturated heterocycles. The third kappa shape index (κ3) is 5.07. The number of hydrogen-bond donors (Lipinski definition) is 0. The van der Waals surface area contributed by atoms with E-state index in [-0.39, 0.29) is 17.9 Å². The van der Waals surface area contributed by atoms with Crippen LogP contribution in [-0.2, 0) is 24.3 Å². The van der Waals surface area contributed by atoms with Crippen LogP contribution in [0.1, 0.15) is 31.7 Å². The molecule has 1 atom stereocenters. The second-order valence-corrected chi connectivity index (χ2v) is 10.8. The summed E-state index contributed by atoms with van der Waals surface area (Å²) in [6.45, 7) is 7.28. The van der Waals surface area contributed by atoms with E-state index in [2.05, 4.69) is 18.7 Å². The normalized spacial score (nSPS) is 20.0. The zero-order valence-corrected chi connectivity index (χ0v) is 20.4. The maximum absolute atomic E-state index is 13.6. The number of benzene rings is 2. The molecule has 2 aromatic rings. The number of morpholine rings is 1. The van der Waals surface area contributed by atoms with Gasteiger partial charge in [-0.2, -0.15) is 4.31 Å². The zero-order chi connectivity index (χ0) is 24.3. The van der Waals surface area contributed by atoms with Crippen molar-refractivity contribution in [3.05, 3.63) is 60.2 Å². The Morgan fingerprint density at radius 1 is 1.00 bits per heavy atom. The molecule has 2 fully saturated rings. The van der Waals surface area contributed by atoms with Crippen LogP contribution in [0.25, 0.3) is 0 Å². The molecule has 34 heavy (non-hydrogen) atoms. The summed E-state index contributed by atoms with van der Waals surface area (Å²) in [5, 5.41) is 0. The van der Waals surface area contributed by atoms with Gasteiger partial charge in [0.1, 0.15) is 6.04 Å². The lowest BCUT2D eigenvalue weighted by atomic mass is 10.0. The number of carbonyl (C=O) groups excluding carboxylic acids is 2. The van der Waals surface area contributed by atoms with Crippen molar-refractivity contribution in [2.45, 2.75) is 37.1 Å². The molecule has 0 saturated carbocycles. The first-order chi connectivity index (χ1) is 16.3. The topological polar surface area (TPSA) is 87.2 Å². The van der Waals surface area contributed by atoms with Crippen LogP contribution in [-0.4, -0.2) is 74.9 Å². The minimum absolute atomic E-state index is 0.108. The Morgan fingerprint density at radius 2 is 1.65 bits per heavy atom. The predicted molar refractivity (Wildman–Crippen MR) is 129 cm³/mol. The molecule has 0 aliphatic carbocycles. The van der Waals surface area contributed by atoms with Gasteiger partial charge in [-0.25, -0.2) is 13.3 Å². The molecule has 2 aliphatic heterocycles. The van der Waals surface area contributed by atoms with Crippen LogP contribution in [0.3, 0.4) is 0 Å². The first kappa shape index (κ1) is 24.5. The molecule has 0 radical (unpaired) electrons. The summed E-state index contributed by atoms with van der Waals surface area (Å²) in [7, 11) is -3.99. The number of hydrogen-bond acceptors (Lipinski definition) is 6. The van der Waals surface area contributed by atoms with E-state index < -0.39 is 27.9 Å². The molecule has 2 aliphatic rings. The molecule has 0 bridgehead atoms. The molecule has 0 spiro atoms. The van der Waals surface area contributed by atoms with Gasteiger partial charge in [-0.3, -0.25) is 14.5 Å². The predicted octanol–water partition coefficient (Wildman–Crippen LogP) is 2.46. The van der Waals surface area contributed by atoms with Crippen molar-refractivity contribution in [3.63, 3.8) is 0 Å².